The van der Waals surface area contributed by atoms with Crippen molar-refractivity contribution in [3.63, 3.8) is 0 Å². The fraction of sp³-hybridized carbons (Fsp3) is 0.615. The average Bonchev–Trinajstić information content (AvgIpc) is 2.92. The number of carbonyl (C=O) groups is 1. The van der Waals surface area contributed by atoms with E-state index in [4.69, 9.17) is 0 Å². The Labute approximate surface area is 100 Å². The van der Waals surface area contributed by atoms with Crippen molar-refractivity contribution in [1.82, 2.24) is 5.32 Å². The standard InChI is InChI=1S/C13H17NOS/c15-13(8-11-2-1-5-16-11)14-12-7-9-3-4-10(12)6-9/h1-2,5,9-10,12H,3-4,6-8H2,(H,14,15)/t9-,10-,12+/m1/s1. The van der Waals surface area contributed by atoms with Gasteiger partial charge in [0.05, 0.1) is 6.42 Å². The molecular formula is C13H17NOS. The third-order valence-electron chi connectivity index (χ3n) is 4.00. The molecule has 0 aliphatic heterocycles. The minimum Gasteiger partial charge on any atom is -0.353 e. The molecule has 2 aliphatic rings. The highest BCUT2D eigenvalue weighted by molar-refractivity contribution is 7.10. The van der Waals surface area contributed by atoms with E-state index in [1.54, 1.807) is 11.3 Å². The molecule has 0 aromatic carbocycles. The first-order valence-electron chi connectivity index (χ1n) is 6.13. The van der Waals surface area contributed by atoms with Crippen LogP contribution in [-0.2, 0) is 11.2 Å². The molecule has 2 aliphatic carbocycles. The van der Waals surface area contributed by atoms with Crippen molar-refractivity contribution in [3.05, 3.63) is 22.4 Å². The molecule has 2 saturated carbocycles. The summed E-state index contributed by atoms with van der Waals surface area (Å²) in [6.07, 6.45) is 5.85. The largest absolute Gasteiger partial charge is 0.353 e. The lowest BCUT2D eigenvalue weighted by molar-refractivity contribution is -0.121. The summed E-state index contributed by atoms with van der Waals surface area (Å²) in [5.74, 6) is 1.88. The van der Waals surface area contributed by atoms with Gasteiger partial charge in [-0.2, -0.15) is 0 Å². The van der Waals surface area contributed by atoms with E-state index in [0.717, 1.165) is 11.8 Å². The third kappa shape index (κ3) is 2.01. The molecule has 0 spiro atoms. The Kier molecular flexibility index (Phi) is 2.72. The number of thiophene rings is 1. The number of hydrogen-bond acceptors (Lipinski definition) is 2. The zero-order valence-electron chi connectivity index (χ0n) is 9.32. The van der Waals surface area contributed by atoms with Crippen LogP contribution in [0.4, 0.5) is 0 Å². The normalized spacial score (nSPS) is 31.9. The summed E-state index contributed by atoms with van der Waals surface area (Å²) < 4.78 is 0. The van der Waals surface area contributed by atoms with Gasteiger partial charge in [0, 0.05) is 10.9 Å². The fourth-order valence-corrected chi connectivity index (χ4v) is 3.95. The van der Waals surface area contributed by atoms with E-state index in [0.29, 0.717) is 12.5 Å². The van der Waals surface area contributed by atoms with Crippen LogP contribution >= 0.6 is 11.3 Å². The number of nitrogens with one attached hydrogen (secondary N) is 1. The molecule has 16 heavy (non-hydrogen) atoms. The van der Waals surface area contributed by atoms with Crippen molar-refractivity contribution in [3.8, 4) is 0 Å². The van der Waals surface area contributed by atoms with E-state index < -0.39 is 0 Å². The topological polar surface area (TPSA) is 29.1 Å². The van der Waals surface area contributed by atoms with Crippen LogP contribution in [0.15, 0.2) is 17.5 Å². The number of rotatable bonds is 3. The van der Waals surface area contributed by atoms with Gasteiger partial charge in [-0.05, 0) is 42.5 Å². The Morgan fingerprint density at radius 1 is 1.44 bits per heavy atom. The van der Waals surface area contributed by atoms with Crippen LogP contribution < -0.4 is 5.32 Å². The van der Waals surface area contributed by atoms with Gasteiger partial charge >= 0.3 is 0 Å². The maximum Gasteiger partial charge on any atom is 0.225 e. The molecule has 3 atom stereocenters. The van der Waals surface area contributed by atoms with Crippen LogP contribution in [0.2, 0.25) is 0 Å². The molecule has 2 nitrogen and oxygen atoms in total. The first-order chi connectivity index (χ1) is 7.81. The van der Waals surface area contributed by atoms with Crippen molar-refractivity contribution in [2.45, 2.75) is 38.1 Å². The molecule has 1 heterocycles. The van der Waals surface area contributed by atoms with Crippen molar-refractivity contribution < 1.29 is 4.79 Å². The first-order valence-corrected chi connectivity index (χ1v) is 7.01. The van der Waals surface area contributed by atoms with Gasteiger partial charge < -0.3 is 5.32 Å². The van der Waals surface area contributed by atoms with Crippen molar-refractivity contribution in [2.24, 2.45) is 11.8 Å². The second-order valence-electron chi connectivity index (χ2n) is 5.11. The summed E-state index contributed by atoms with van der Waals surface area (Å²) >= 11 is 1.66. The van der Waals surface area contributed by atoms with Crippen LogP contribution in [-0.4, -0.2) is 11.9 Å². The molecule has 0 radical (unpaired) electrons. The van der Waals surface area contributed by atoms with Gasteiger partial charge in [-0.15, -0.1) is 11.3 Å². The maximum atomic E-state index is 11.8. The van der Waals surface area contributed by atoms with E-state index in [1.165, 1.54) is 30.6 Å². The fourth-order valence-electron chi connectivity index (χ4n) is 3.25. The van der Waals surface area contributed by atoms with Gasteiger partial charge in [0.25, 0.3) is 0 Å². The van der Waals surface area contributed by atoms with Gasteiger partial charge in [-0.3, -0.25) is 4.79 Å². The summed E-state index contributed by atoms with van der Waals surface area (Å²) in [7, 11) is 0. The molecule has 1 amide bonds. The van der Waals surface area contributed by atoms with E-state index in [-0.39, 0.29) is 5.91 Å². The molecule has 2 fully saturated rings. The van der Waals surface area contributed by atoms with Gasteiger partial charge in [-0.1, -0.05) is 12.5 Å². The molecule has 3 heteroatoms. The summed E-state index contributed by atoms with van der Waals surface area (Å²) in [4.78, 5) is 13.0. The van der Waals surface area contributed by atoms with Gasteiger partial charge in [0.15, 0.2) is 0 Å². The van der Waals surface area contributed by atoms with Crippen molar-refractivity contribution in [1.29, 1.82) is 0 Å². The highest BCUT2D eigenvalue weighted by Crippen LogP contribution is 2.44. The lowest BCUT2D eigenvalue weighted by atomic mass is 9.95. The van der Waals surface area contributed by atoms with Gasteiger partial charge in [-0.25, -0.2) is 0 Å². The van der Waals surface area contributed by atoms with Gasteiger partial charge in [0.2, 0.25) is 5.91 Å². The maximum absolute atomic E-state index is 11.8. The first kappa shape index (κ1) is 10.3. The summed E-state index contributed by atoms with van der Waals surface area (Å²) in [6, 6.07) is 4.52. The molecule has 2 bridgehead atoms. The molecule has 0 saturated heterocycles. The Hall–Kier alpha value is -0.830. The highest BCUT2D eigenvalue weighted by atomic mass is 32.1. The molecule has 1 N–H and O–H groups in total. The van der Waals surface area contributed by atoms with Crippen LogP contribution in [0.1, 0.15) is 30.6 Å². The Balaban J connectivity index is 1.53. The van der Waals surface area contributed by atoms with Crippen molar-refractivity contribution in [2.75, 3.05) is 0 Å². The van der Waals surface area contributed by atoms with Crippen LogP contribution in [0, 0.1) is 11.8 Å². The highest BCUT2D eigenvalue weighted by Gasteiger charge is 2.39. The Bertz CT molecular complexity index is 373. The molecule has 3 rings (SSSR count). The average molecular weight is 235 g/mol. The Morgan fingerprint density at radius 2 is 2.38 bits per heavy atom. The van der Waals surface area contributed by atoms with Crippen molar-refractivity contribution >= 4 is 17.2 Å². The molecular weight excluding hydrogens is 218 g/mol. The second kappa shape index (κ2) is 4.21. The predicted octanol–water partition coefficient (Wildman–Crippen LogP) is 2.60. The minimum absolute atomic E-state index is 0.208. The smallest absolute Gasteiger partial charge is 0.225 e. The third-order valence-corrected chi connectivity index (χ3v) is 4.88. The van der Waals surface area contributed by atoms with Crippen LogP contribution in [0.3, 0.4) is 0 Å². The minimum atomic E-state index is 0.208. The van der Waals surface area contributed by atoms with E-state index in [2.05, 4.69) is 5.32 Å². The Morgan fingerprint density at radius 3 is 3.00 bits per heavy atom. The number of fused-ring (bicyclic) bond motifs is 2. The number of amides is 1. The molecule has 1 aromatic heterocycles. The van der Waals surface area contributed by atoms with E-state index >= 15 is 0 Å². The number of carbonyl (C=O) groups excluding carboxylic acids is 1. The molecule has 86 valence electrons. The summed E-state index contributed by atoms with van der Waals surface area (Å²) in [5, 5.41) is 5.24. The second-order valence-corrected chi connectivity index (χ2v) is 6.14. The lowest BCUT2D eigenvalue weighted by Crippen LogP contribution is -2.39. The molecule has 1 aromatic rings. The summed E-state index contributed by atoms with van der Waals surface area (Å²) in [5.41, 5.74) is 0. The van der Waals surface area contributed by atoms with E-state index in [9.17, 15) is 4.79 Å². The summed E-state index contributed by atoms with van der Waals surface area (Å²) in [6.45, 7) is 0. The predicted molar refractivity (Wildman–Crippen MR) is 65.4 cm³/mol. The zero-order valence-corrected chi connectivity index (χ0v) is 10.1. The van der Waals surface area contributed by atoms with Crippen LogP contribution in [0.25, 0.3) is 0 Å². The van der Waals surface area contributed by atoms with Crippen LogP contribution in [0.5, 0.6) is 0 Å². The number of hydrogen-bond donors (Lipinski definition) is 1. The SMILES string of the molecule is O=C(Cc1cccs1)N[C@H]1C[C@@H]2CC[C@@H]1C2. The van der Waals surface area contributed by atoms with Gasteiger partial charge in [0.1, 0.15) is 0 Å². The quantitative estimate of drug-likeness (QED) is 0.857. The molecule has 0 unspecified atom stereocenters. The monoisotopic (exact) mass is 235 g/mol. The lowest BCUT2D eigenvalue weighted by Gasteiger charge is -2.22. The zero-order chi connectivity index (χ0) is 11.0. The van der Waals surface area contributed by atoms with E-state index in [1.807, 2.05) is 17.5 Å².